The average molecular weight is 240 g/mol. The van der Waals surface area contributed by atoms with Crippen LogP contribution in [-0.4, -0.2) is 35.7 Å². The summed E-state index contributed by atoms with van der Waals surface area (Å²) in [6, 6.07) is 2.90. The molecular weight excluding hydrogens is 212 g/mol. The van der Waals surface area contributed by atoms with Crippen LogP contribution in [0.1, 0.15) is 53.4 Å². The zero-order valence-electron chi connectivity index (χ0n) is 11.9. The molecular formula is C14H28N2O. The van der Waals surface area contributed by atoms with Gasteiger partial charge in [-0.15, -0.1) is 0 Å². The van der Waals surface area contributed by atoms with E-state index in [1.807, 2.05) is 13.8 Å². The summed E-state index contributed by atoms with van der Waals surface area (Å²) >= 11 is 0. The van der Waals surface area contributed by atoms with E-state index >= 15 is 0 Å². The summed E-state index contributed by atoms with van der Waals surface area (Å²) in [4.78, 5) is 2.35. The molecule has 0 radical (unpaired) electrons. The number of aliphatic hydroxyl groups is 1. The fourth-order valence-corrected chi connectivity index (χ4v) is 2.19. The summed E-state index contributed by atoms with van der Waals surface area (Å²) < 4.78 is 0. The molecule has 0 bridgehead atoms. The van der Waals surface area contributed by atoms with Gasteiger partial charge in [-0.2, -0.15) is 5.26 Å². The topological polar surface area (TPSA) is 47.3 Å². The molecule has 1 N–H and O–H groups in total. The largest absolute Gasteiger partial charge is 0.395 e. The van der Waals surface area contributed by atoms with Gasteiger partial charge in [0.25, 0.3) is 0 Å². The van der Waals surface area contributed by atoms with E-state index in [-0.39, 0.29) is 12.0 Å². The van der Waals surface area contributed by atoms with Crippen LogP contribution in [0.25, 0.3) is 0 Å². The highest BCUT2D eigenvalue weighted by molar-refractivity contribution is 4.91. The summed E-state index contributed by atoms with van der Waals surface area (Å²) in [7, 11) is 0. The molecule has 0 aliphatic carbocycles. The first-order valence-corrected chi connectivity index (χ1v) is 6.76. The van der Waals surface area contributed by atoms with E-state index in [9.17, 15) is 0 Å². The van der Waals surface area contributed by atoms with Crippen molar-refractivity contribution in [2.24, 2.45) is 5.41 Å². The molecule has 0 saturated heterocycles. The fourth-order valence-electron chi connectivity index (χ4n) is 2.19. The van der Waals surface area contributed by atoms with Crippen LogP contribution in [0.4, 0.5) is 0 Å². The Morgan fingerprint density at radius 1 is 1.24 bits per heavy atom. The number of hydrogen-bond donors (Lipinski definition) is 1. The van der Waals surface area contributed by atoms with Gasteiger partial charge >= 0.3 is 0 Å². The minimum absolute atomic E-state index is 0.220. The molecule has 0 aromatic rings. The molecule has 0 amide bonds. The van der Waals surface area contributed by atoms with Crippen LogP contribution in [0, 0.1) is 16.7 Å². The van der Waals surface area contributed by atoms with Crippen molar-refractivity contribution in [3.63, 3.8) is 0 Å². The maximum absolute atomic E-state index is 9.09. The Morgan fingerprint density at radius 3 is 2.24 bits per heavy atom. The predicted molar refractivity (Wildman–Crippen MR) is 71.7 cm³/mol. The number of nitriles is 1. The Kier molecular flexibility index (Phi) is 8.20. The van der Waals surface area contributed by atoms with Crippen LogP contribution in [0.2, 0.25) is 0 Å². The highest BCUT2D eigenvalue weighted by atomic mass is 16.3. The van der Waals surface area contributed by atoms with Crippen LogP contribution in [0.5, 0.6) is 0 Å². The molecule has 17 heavy (non-hydrogen) atoms. The van der Waals surface area contributed by atoms with Gasteiger partial charge in [0.2, 0.25) is 0 Å². The molecule has 0 saturated carbocycles. The smallest absolute Gasteiger partial charge is 0.0683 e. The molecule has 0 aromatic carbocycles. The van der Waals surface area contributed by atoms with E-state index < -0.39 is 0 Å². The summed E-state index contributed by atoms with van der Waals surface area (Å²) in [5.74, 6) is 0. The van der Waals surface area contributed by atoms with Gasteiger partial charge in [-0.05, 0) is 46.1 Å². The highest BCUT2D eigenvalue weighted by Gasteiger charge is 2.18. The number of hydrogen-bond acceptors (Lipinski definition) is 3. The Bertz CT molecular complexity index is 229. The van der Waals surface area contributed by atoms with E-state index in [0.717, 1.165) is 38.8 Å². The van der Waals surface area contributed by atoms with Crippen molar-refractivity contribution in [2.75, 3.05) is 19.7 Å². The van der Waals surface area contributed by atoms with Crippen molar-refractivity contribution in [1.82, 2.24) is 4.90 Å². The maximum atomic E-state index is 9.09. The monoisotopic (exact) mass is 240 g/mol. The van der Waals surface area contributed by atoms with Crippen LogP contribution < -0.4 is 0 Å². The summed E-state index contributed by atoms with van der Waals surface area (Å²) in [6.45, 7) is 10.3. The molecule has 0 unspecified atom stereocenters. The second-order valence-corrected chi connectivity index (χ2v) is 5.33. The number of rotatable bonds is 9. The van der Waals surface area contributed by atoms with Crippen molar-refractivity contribution < 1.29 is 5.11 Å². The SMILES string of the molecule is CCC(CC)N(CCO)CCCC(C)(C)C#N. The standard InChI is InChI=1S/C14H28N2O/c1-5-13(6-2)16(10-11-17)9-7-8-14(3,4)12-15/h13,17H,5-11H2,1-4H3. The molecule has 0 fully saturated rings. The predicted octanol–water partition coefficient (Wildman–Crippen LogP) is 2.80. The lowest BCUT2D eigenvalue weighted by atomic mass is 9.89. The van der Waals surface area contributed by atoms with Gasteiger partial charge in [-0.25, -0.2) is 0 Å². The van der Waals surface area contributed by atoms with Crippen molar-refractivity contribution in [2.45, 2.75) is 59.4 Å². The molecule has 0 spiro atoms. The van der Waals surface area contributed by atoms with Crippen LogP contribution >= 0.6 is 0 Å². The van der Waals surface area contributed by atoms with Crippen molar-refractivity contribution in [3.8, 4) is 6.07 Å². The first kappa shape index (κ1) is 16.4. The summed E-state index contributed by atoms with van der Waals surface area (Å²) in [6.07, 6.45) is 4.19. The van der Waals surface area contributed by atoms with Gasteiger partial charge in [0, 0.05) is 12.6 Å². The molecule has 3 nitrogen and oxygen atoms in total. The molecule has 100 valence electrons. The van der Waals surface area contributed by atoms with Crippen LogP contribution in [0.15, 0.2) is 0 Å². The van der Waals surface area contributed by atoms with E-state index in [1.165, 1.54) is 0 Å². The molecule has 0 rings (SSSR count). The maximum Gasteiger partial charge on any atom is 0.0683 e. The fraction of sp³-hybridized carbons (Fsp3) is 0.929. The molecule has 3 heteroatoms. The number of nitrogens with zero attached hydrogens (tertiary/aromatic N) is 2. The third-order valence-electron chi connectivity index (χ3n) is 3.40. The van der Waals surface area contributed by atoms with E-state index in [1.54, 1.807) is 0 Å². The van der Waals surface area contributed by atoms with E-state index in [4.69, 9.17) is 10.4 Å². The van der Waals surface area contributed by atoms with E-state index in [2.05, 4.69) is 24.8 Å². The van der Waals surface area contributed by atoms with Gasteiger partial charge in [0.1, 0.15) is 0 Å². The molecule has 0 heterocycles. The van der Waals surface area contributed by atoms with Gasteiger partial charge in [0.05, 0.1) is 18.1 Å². The average Bonchev–Trinajstić information content (AvgIpc) is 2.30. The quantitative estimate of drug-likeness (QED) is 0.674. The summed E-state index contributed by atoms with van der Waals surface area (Å²) in [5.41, 5.74) is -0.223. The van der Waals surface area contributed by atoms with E-state index in [0.29, 0.717) is 6.04 Å². The Morgan fingerprint density at radius 2 is 1.82 bits per heavy atom. The zero-order valence-corrected chi connectivity index (χ0v) is 11.9. The van der Waals surface area contributed by atoms with Crippen molar-refractivity contribution >= 4 is 0 Å². The normalized spacial score (nSPS) is 12.1. The lowest BCUT2D eigenvalue weighted by Gasteiger charge is -2.30. The lowest BCUT2D eigenvalue weighted by molar-refractivity contribution is 0.138. The second kappa shape index (κ2) is 8.49. The third-order valence-corrected chi connectivity index (χ3v) is 3.40. The molecule has 0 aliphatic heterocycles. The minimum atomic E-state index is -0.223. The van der Waals surface area contributed by atoms with Crippen molar-refractivity contribution in [1.29, 1.82) is 5.26 Å². The summed E-state index contributed by atoms with van der Waals surface area (Å²) in [5, 5.41) is 18.0. The van der Waals surface area contributed by atoms with Crippen molar-refractivity contribution in [3.05, 3.63) is 0 Å². The molecule has 0 aliphatic rings. The number of aliphatic hydroxyl groups excluding tert-OH is 1. The lowest BCUT2D eigenvalue weighted by Crippen LogP contribution is -2.37. The van der Waals surface area contributed by atoms with Gasteiger partial charge < -0.3 is 5.11 Å². The molecule has 0 atom stereocenters. The van der Waals surface area contributed by atoms with Gasteiger partial charge in [-0.3, -0.25) is 4.90 Å². The Balaban J connectivity index is 4.14. The van der Waals surface area contributed by atoms with Crippen LogP contribution in [-0.2, 0) is 0 Å². The first-order chi connectivity index (χ1) is 8.00. The molecule has 0 aromatic heterocycles. The van der Waals surface area contributed by atoms with Gasteiger partial charge in [-0.1, -0.05) is 13.8 Å². The zero-order chi connectivity index (χ0) is 13.3. The minimum Gasteiger partial charge on any atom is -0.395 e. The Hall–Kier alpha value is -0.590. The van der Waals surface area contributed by atoms with Crippen LogP contribution in [0.3, 0.4) is 0 Å². The Labute approximate surface area is 106 Å². The first-order valence-electron chi connectivity index (χ1n) is 6.76. The third kappa shape index (κ3) is 6.65. The van der Waals surface area contributed by atoms with Gasteiger partial charge in [0.15, 0.2) is 0 Å². The highest BCUT2D eigenvalue weighted by Crippen LogP contribution is 2.21. The second-order valence-electron chi connectivity index (χ2n) is 5.33.